The molecule has 14 heteroatoms. The van der Waals surface area contributed by atoms with Crippen LogP contribution in [0.4, 0.5) is 13.2 Å². The molecule has 1 amide bonds. The number of pyridine rings is 1. The van der Waals surface area contributed by atoms with Crippen molar-refractivity contribution in [1.29, 1.82) is 0 Å². The molecule has 0 bridgehead atoms. The summed E-state index contributed by atoms with van der Waals surface area (Å²) in [7, 11) is -4.79. The number of nitrogens with zero attached hydrogens (tertiary/aromatic N) is 1. The first-order valence-corrected chi connectivity index (χ1v) is 9.09. The molecule has 0 aliphatic carbocycles. The molecule has 28 heavy (non-hydrogen) atoms. The fraction of sp³-hybridized carbons (Fsp3) is 0.143. The van der Waals surface area contributed by atoms with Crippen LogP contribution in [-0.2, 0) is 16.2 Å². The van der Waals surface area contributed by atoms with Crippen molar-refractivity contribution in [2.45, 2.75) is 17.2 Å². The fourth-order valence-corrected chi connectivity index (χ4v) is 3.79. The number of benzene rings is 1. The van der Waals surface area contributed by atoms with E-state index >= 15 is 0 Å². The Bertz CT molecular complexity index is 1020. The number of nitrogens with one attached hydrogen (secondary N) is 4. The summed E-state index contributed by atoms with van der Waals surface area (Å²) in [6.07, 6.45) is -4.88. The van der Waals surface area contributed by atoms with Crippen molar-refractivity contribution < 1.29 is 26.4 Å². The van der Waals surface area contributed by atoms with Crippen molar-refractivity contribution >= 4 is 15.9 Å². The molecule has 1 fully saturated rings. The average Bonchev–Trinajstić information content (AvgIpc) is 3.13. The Morgan fingerprint density at radius 1 is 1.11 bits per heavy atom. The summed E-state index contributed by atoms with van der Waals surface area (Å²) in [5.74, 6) is -0.794. The molecule has 2 aromatic rings. The van der Waals surface area contributed by atoms with Gasteiger partial charge in [0.05, 0.1) is 5.56 Å². The Kier molecular flexibility index (Phi) is 5.09. The van der Waals surface area contributed by atoms with Crippen LogP contribution in [-0.4, -0.2) is 19.3 Å². The van der Waals surface area contributed by atoms with E-state index in [9.17, 15) is 26.4 Å². The number of hydrazine groups is 3. The number of nitrogens with two attached hydrogens (primary N) is 2. The van der Waals surface area contributed by atoms with Crippen molar-refractivity contribution in [2.24, 2.45) is 10.9 Å². The Hall–Kier alpha value is -2.62. The van der Waals surface area contributed by atoms with E-state index in [1.165, 1.54) is 18.3 Å². The van der Waals surface area contributed by atoms with Gasteiger partial charge in [-0.15, -0.1) is 0 Å². The zero-order valence-corrected chi connectivity index (χ0v) is 14.6. The van der Waals surface area contributed by atoms with Gasteiger partial charge in [0.15, 0.2) is 0 Å². The van der Waals surface area contributed by atoms with Gasteiger partial charge >= 0.3 is 6.18 Å². The van der Waals surface area contributed by atoms with E-state index < -0.39 is 38.7 Å². The highest BCUT2D eigenvalue weighted by Crippen LogP contribution is 2.41. The highest BCUT2D eigenvalue weighted by atomic mass is 32.2. The summed E-state index contributed by atoms with van der Waals surface area (Å²) in [4.78, 5) is 13.9. The lowest BCUT2D eigenvalue weighted by molar-refractivity contribution is -0.140. The predicted octanol–water partition coefficient (Wildman–Crippen LogP) is -0.371. The van der Waals surface area contributed by atoms with Gasteiger partial charge in [0.1, 0.15) is 16.8 Å². The molecule has 1 aromatic heterocycles. The van der Waals surface area contributed by atoms with E-state index in [1.54, 1.807) is 0 Å². The number of primary amides is 1. The molecular formula is C14H14F3N7O3S. The predicted molar refractivity (Wildman–Crippen MR) is 89.8 cm³/mol. The van der Waals surface area contributed by atoms with Gasteiger partial charge in [-0.2, -0.15) is 24.2 Å². The monoisotopic (exact) mass is 417 g/mol. The Labute approximate surface area is 156 Å². The van der Waals surface area contributed by atoms with Crippen molar-refractivity contribution in [1.82, 2.24) is 26.9 Å². The van der Waals surface area contributed by atoms with Crippen LogP contribution in [0.5, 0.6) is 0 Å². The quantitative estimate of drug-likeness (QED) is 0.392. The standard InChI is InChI=1S/C14H14F3N7O3S/c15-14(16,17)8-3-2-7(6-1-4-9(12(18)25)20-5-6)10(11(8)28(19,26)27)13-21-23-24-22-13/h1-5,13,21-24H,(H2,18,25)(H2,19,26,27). The lowest BCUT2D eigenvalue weighted by atomic mass is 9.96. The lowest BCUT2D eigenvalue weighted by Crippen LogP contribution is -2.33. The maximum atomic E-state index is 13.5. The second kappa shape index (κ2) is 7.08. The molecule has 10 nitrogen and oxygen atoms in total. The molecule has 150 valence electrons. The summed E-state index contributed by atoms with van der Waals surface area (Å²) >= 11 is 0. The molecule has 1 saturated heterocycles. The maximum Gasteiger partial charge on any atom is 0.417 e. The van der Waals surface area contributed by atoms with Crippen LogP contribution in [0, 0.1) is 0 Å². The van der Waals surface area contributed by atoms with Crippen LogP contribution in [0.1, 0.15) is 27.8 Å². The summed E-state index contributed by atoms with van der Waals surface area (Å²) < 4.78 is 64.6. The minimum absolute atomic E-state index is 0.0654. The number of sulfonamides is 1. The zero-order chi connectivity index (χ0) is 20.7. The third-order valence-electron chi connectivity index (χ3n) is 3.90. The molecular weight excluding hydrogens is 403 g/mol. The molecule has 0 spiro atoms. The number of rotatable bonds is 4. The van der Waals surface area contributed by atoms with Crippen molar-refractivity contribution in [3.63, 3.8) is 0 Å². The number of carbonyl (C=O) groups excluding carboxylic acids is 1. The van der Waals surface area contributed by atoms with Crippen LogP contribution in [0.2, 0.25) is 0 Å². The van der Waals surface area contributed by atoms with Crippen LogP contribution >= 0.6 is 0 Å². The van der Waals surface area contributed by atoms with Gasteiger partial charge in [-0.05, 0) is 17.7 Å². The molecule has 1 aliphatic heterocycles. The molecule has 0 atom stereocenters. The van der Waals surface area contributed by atoms with E-state index in [2.05, 4.69) is 26.9 Å². The highest BCUT2D eigenvalue weighted by Gasteiger charge is 2.40. The van der Waals surface area contributed by atoms with E-state index in [4.69, 9.17) is 10.9 Å². The fourth-order valence-electron chi connectivity index (χ4n) is 2.76. The third-order valence-corrected chi connectivity index (χ3v) is 4.91. The highest BCUT2D eigenvalue weighted by molar-refractivity contribution is 7.89. The van der Waals surface area contributed by atoms with Gasteiger partial charge < -0.3 is 5.73 Å². The van der Waals surface area contributed by atoms with Gasteiger partial charge in [0, 0.05) is 17.3 Å². The zero-order valence-electron chi connectivity index (χ0n) is 13.8. The molecule has 8 N–H and O–H groups in total. The first kappa shape index (κ1) is 20.1. The SMILES string of the molecule is NC(=O)c1ccc(-c2ccc(C(F)(F)F)c(S(N)(=O)=O)c2C2NNNN2)cn1. The maximum absolute atomic E-state index is 13.5. The minimum atomic E-state index is -4.97. The molecule has 0 radical (unpaired) electrons. The molecule has 0 unspecified atom stereocenters. The van der Waals surface area contributed by atoms with Crippen LogP contribution in [0.3, 0.4) is 0 Å². The van der Waals surface area contributed by atoms with Crippen LogP contribution in [0.25, 0.3) is 11.1 Å². The number of carbonyl (C=O) groups is 1. The Morgan fingerprint density at radius 3 is 2.21 bits per heavy atom. The first-order chi connectivity index (χ1) is 13.0. The number of alkyl halides is 3. The van der Waals surface area contributed by atoms with Crippen molar-refractivity contribution in [2.75, 3.05) is 0 Å². The smallest absolute Gasteiger partial charge is 0.364 e. The van der Waals surface area contributed by atoms with Crippen LogP contribution < -0.4 is 32.8 Å². The summed E-state index contributed by atoms with van der Waals surface area (Å²) in [5.41, 5.74) is 13.6. The molecule has 3 rings (SSSR count). The molecule has 1 aromatic carbocycles. The average molecular weight is 417 g/mol. The number of aromatic nitrogens is 1. The molecule has 0 saturated carbocycles. The second-order valence-corrected chi connectivity index (χ2v) is 7.21. The van der Waals surface area contributed by atoms with Gasteiger partial charge in [0.2, 0.25) is 10.0 Å². The normalized spacial score (nSPS) is 15.7. The van der Waals surface area contributed by atoms with Gasteiger partial charge in [0.25, 0.3) is 5.91 Å². The lowest BCUT2D eigenvalue weighted by Gasteiger charge is -2.22. The summed E-state index contributed by atoms with van der Waals surface area (Å²) in [6, 6.07) is 4.36. The summed E-state index contributed by atoms with van der Waals surface area (Å²) in [5, 5.41) is 5.13. The first-order valence-electron chi connectivity index (χ1n) is 7.54. The van der Waals surface area contributed by atoms with Crippen LogP contribution in [0.15, 0.2) is 35.4 Å². The van der Waals surface area contributed by atoms with E-state index in [0.29, 0.717) is 6.07 Å². The second-order valence-electron chi connectivity index (χ2n) is 5.71. The van der Waals surface area contributed by atoms with E-state index in [0.717, 1.165) is 6.07 Å². The largest absolute Gasteiger partial charge is 0.417 e. The van der Waals surface area contributed by atoms with Crippen molar-refractivity contribution in [3.8, 4) is 11.1 Å². The number of hydrogen-bond acceptors (Lipinski definition) is 8. The van der Waals surface area contributed by atoms with Gasteiger partial charge in [-0.25, -0.2) is 24.4 Å². The number of halogens is 3. The Balaban J connectivity index is 2.32. The topological polar surface area (TPSA) is 164 Å². The number of primary sulfonamides is 1. The van der Waals surface area contributed by atoms with E-state index in [1.807, 2.05) is 0 Å². The molecule has 2 heterocycles. The van der Waals surface area contributed by atoms with Gasteiger partial charge in [-0.3, -0.25) is 9.78 Å². The number of amides is 1. The third kappa shape index (κ3) is 3.82. The van der Waals surface area contributed by atoms with E-state index in [-0.39, 0.29) is 22.4 Å². The molecule has 1 aliphatic rings. The minimum Gasteiger partial charge on any atom is -0.364 e. The van der Waals surface area contributed by atoms with Crippen molar-refractivity contribution in [3.05, 3.63) is 47.3 Å². The number of hydrogen-bond donors (Lipinski definition) is 6. The summed E-state index contributed by atoms with van der Waals surface area (Å²) in [6.45, 7) is 0. The van der Waals surface area contributed by atoms with Gasteiger partial charge in [-0.1, -0.05) is 12.1 Å². The Morgan fingerprint density at radius 2 is 1.75 bits per heavy atom.